The van der Waals surface area contributed by atoms with E-state index in [0.717, 1.165) is 16.4 Å². The Hall–Kier alpha value is -2.21. The topological polar surface area (TPSA) is 55.6 Å². The van der Waals surface area contributed by atoms with Gasteiger partial charge in [0.1, 0.15) is 17.7 Å². The molecule has 3 rings (SSSR count). The van der Waals surface area contributed by atoms with Crippen LogP contribution in [0, 0.1) is 0 Å². The summed E-state index contributed by atoms with van der Waals surface area (Å²) in [5, 5.41) is 10.5. The van der Waals surface area contributed by atoms with E-state index >= 15 is 0 Å². The van der Waals surface area contributed by atoms with Crippen molar-refractivity contribution < 1.29 is 0 Å². The first-order chi connectivity index (χ1) is 8.93. The molecule has 0 aliphatic rings. The number of hydrogen-bond donors (Lipinski definition) is 1. The monoisotopic (exact) mass is 257 g/mol. The fraction of sp³-hybridized carbons (Fsp3) is 0.0833. The summed E-state index contributed by atoms with van der Waals surface area (Å²) in [6, 6.07) is 7.99. The molecule has 2 aromatic heterocycles. The highest BCUT2D eigenvalue weighted by Crippen LogP contribution is 2.19. The number of nitrogens with zero attached hydrogens (tertiary/aromatic N) is 4. The maximum atomic E-state index is 4.24. The molecular weight excluding hydrogens is 246 g/mol. The van der Waals surface area contributed by atoms with Gasteiger partial charge in [0, 0.05) is 11.6 Å². The van der Waals surface area contributed by atoms with Crippen molar-refractivity contribution >= 4 is 17.0 Å². The zero-order valence-corrected chi connectivity index (χ0v) is 10.3. The molecule has 1 N–H and O–H groups in total. The molecule has 0 atom stereocenters. The van der Waals surface area contributed by atoms with Crippen LogP contribution < -0.4 is 5.32 Å². The van der Waals surface area contributed by atoms with E-state index in [4.69, 9.17) is 0 Å². The molecule has 0 aliphatic heterocycles. The molecular formula is C12H11N5S. The van der Waals surface area contributed by atoms with Gasteiger partial charge in [0.05, 0.1) is 17.9 Å². The minimum absolute atomic E-state index is 0.712. The quantitative estimate of drug-likeness (QED) is 0.779. The lowest BCUT2D eigenvalue weighted by Gasteiger charge is -2.10. The normalized spacial score (nSPS) is 10.4. The van der Waals surface area contributed by atoms with Crippen molar-refractivity contribution in [3.05, 3.63) is 53.5 Å². The molecule has 0 amide bonds. The highest BCUT2D eigenvalue weighted by molar-refractivity contribution is 7.09. The SMILES string of the molecule is c1ccc(-n2cncn2)c(NCc2nccs2)c1. The third-order valence-electron chi connectivity index (χ3n) is 2.48. The van der Waals surface area contributed by atoms with E-state index in [1.807, 2.05) is 35.8 Å². The molecule has 3 aromatic rings. The highest BCUT2D eigenvalue weighted by atomic mass is 32.1. The van der Waals surface area contributed by atoms with Crippen LogP contribution in [0.25, 0.3) is 5.69 Å². The molecule has 2 heterocycles. The molecule has 0 bridgehead atoms. The van der Waals surface area contributed by atoms with Gasteiger partial charge in [-0.05, 0) is 12.1 Å². The van der Waals surface area contributed by atoms with Gasteiger partial charge in [-0.1, -0.05) is 12.1 Å². The fourth-order valence-corrected chi connectivity index (χ4v) is 2.22. The average molecular weight is 257 g/mol. The molecule has 90 valence electrons. The van der Waals surface area contributed by atoms with Crippen molar-refractivity contribution in [3.8, 4) is 5.69 Å². The molecule has 0 spiro atoms. The van der Waals surface area contributed by atoms with Gasteiger partial charge in [0.15, 0.2) is 0 Å². The second-order valence-electron chi connectivity index (χ2n) is 3.64. The minimum atomic E-state index is 0.712. The van der Waals surface area contributed by atoms with E-state index in [9.17, 15) is 0 Å². The Morgan fingerprint density at radius 1 is 1.28 bits per heavy atom. The van der Waals surface area contributed by atoms with Crippen LogP contribution >= 0.6 is 11.3 Å². The zero-order valence-electron chi connectivity index (χ0n) is 9.52. The highest BCUT2D eigenvalue weighted by Gasteiger charge is 2.04. The third kappa shape index (κ3) is 2.23. The number of rotatable bonds is 4. The lowest BCUT2D eigenvalue weighted by atomic mass is 10.2. The van der Waals surface area contributed by atoms with Gasteiger partial charge in [-0.2, -0.15) is 5.10 Å². The Bertz CT molecular complexity index is 603. The number of thiazole rings is 1. The predicted octanol–water partition coefficient (Wildman–Crippen LogP) is 2.34. The van der Waals surface area contributed by atoms with Crippen molar-refractivity contribution in [2.45, 2.75) is 6.54 Å². The van der Waals surface area contributed by atoms with Crippen LogP contribution in [-0.4, -0.2) is 19.7 Å². The Balaban J connectivity index is 1.84. The van der Waals surface area contributed by atoms with Gasteiger partial charge < -0.3 is 5.32 Å². The summed E-state index contributed by atoms with van der Waals surface area (Å²) in [7, 11) is 0. The molecule has 0 unspecified atom stereocenters. The Morgan fingerprint density at radius 3 is 3.00 bits per heavy atom. The number of anilines is 1. The van der Waals surface area contributed by atoms with Crippen LogP contribution in [0.4, 0.5) is 5.69 Å². The largest absolute Gasteiger partial charge is 0.377 e. The number of para-hydroxylation sites is 2. The van der Waals surface area contributed by atoms with E-state index in [1.165, 1.54) is 6.33 Å². The van der Waals surface area contributed by atoms with Gasteiger partial charge in [-0.3, -0.25) is 0 Å². The maximum Gasteiger partial charge on any atom is 0.138 e. The van der Waals surface area contributed by atoms with Crippen LogP contribution in [-0.2, 0) is 6.54 Å². The Kier molecular flexibility index (Phi) is 3.01. The lowest BCUT2D eigenvalue weighted by Crippen LogP contribution is -2.04. The Labute approximate surface area is 108 Å². The summed E-state index contributed by atoms with van der Waals surface area (Å²) in [5.41, 5.74) is 1.99. The fourth-order valence-electron chi connectivity index (χ4n) is 1.67. The Morgan fingerprint density at radius 2 is 2.22 bits per heavy atom. The number of aromatic nitrogens is 4. The molecule has 0 aliphatic carbocycles. The number of hydrogen-bond acceptors (Lipinski definition) is 5. The van der Waals surface area contributed by atoms with Gasteiger partial charge in [0.25, 0.3) is 0 Å². The lowest BCUT2D eigenvalue weighted by molar-refractivity contribution is 0.877. The summed E-state index contributed by atoms with van der Waals surface area (Å²) >= 11 is 1.64. The van der Waals surface area contributed by atoms with E-state index < -0.39 is 0 Å². The van der Waals surface area contributed by atoms with Crippen LogP contribution in [0.3, 0.4) is 0 Å². The van der Waals surface area contributed by atoms with Gasteiger partial charge in [0.2, 0.25) is 0 Å². The molecule has 18 heavy (non-hydrogen) atoms. The van der Waals surface area contributed by atoms with Crippen LogP contribution in [0.5, 0.6) is 0 Å². The van der Waals surface area contributed by atoms with Crippen LogP contribution in [0.15, 0.2) is 48.5 Å². The maximum absolute atomic E-state index is 4.24. The van der Waals surface area contributed by atoms with Crippen molar-refractivity contribution in [2.75, 3.05) is 5.32 Å². The molecule has 1 aromatic carbocycles. The summed E-state index contributed by atoms with van der Waals surface area (Å²) in [6.45, 7) is 0.712. The molecule has 0 saturated heterocycles. The second kappa shape index (κ2) is 4.97. The van der Waals surface area contributed by atoms with Gasteiger partial charge in [-0.15, -0.1) is 11.3 Å². The van der Waals surface area contributed by atoms with E-state index in [1.54, 1.807) is 22.3 Å². The van der Waals surface area contributed by atoms with E-state index in [0.29, 0.717) is 6.54 Å². The van der Waals surface area contributed by atoms with Crippen LogP contribution in [0.1, 0.15) is 5.01 Å². The smallest absolute Gasteiger partial charge is 0.138 e. The van der Waals surface area contributed by atoms with Gasteiger partial charge in [-0.25, -0.2) is 14.6 Å². The molecule has 0 radical (unpaired) electrons. The molecule has 5 nitrogen and oxygen atoms in total. The third-order valence-corrected chi connectivity index (χ3v) is 3.26. The van der Waals surface area contributed by atoms with Crippen molar-refractivity contribution in [1.82, 2.24) is 19.7 Å². The number of benzene rings is 1. The molecule has 0 fully saturated rings. The minimum Gasteiger partial charge on any atom is -0.377 e. The average Bonchev–Trinajstić information content (AvgIpc) is 3.10. The summed E-state index contributed by atoms with van der Waals surface area (Å²) in [6.07, 6.45) is 5.02. The van der Waals surface area contributed by atoms with E-state index in [-0.39, 0.29) is 0 Å². The summed E-state index contributed by atoms with van der Waals surface area (Å²) < 4.78 is 1.74. The van der Waals surface area contributed by atoms with Crippen molar-refractivity contribution in [1.29, 1.82) is 0 Å². The first-order valence-electron chi connectivity index (χ1n) is 5.50. The second-order valence-corrected chi connectivity index (χ2v) is 4.62. The summed E-state index contributed by atoms with van der Waals surface area (Å²) in [4.78, 5) is 8.21. The first kappa shape index (κ1) is 10.9. The predicted molar refractivity (Wildman–Crippen MR) is 70.8 cm³/mol. The van der Waals surface area contributed by atoms with Gasteiger partial charge >= 0.3 is 0 Å². The number of nitrogens with one attached hydrogen (secondary N) is 1. The van der Waals surface area contributed by atoms with Crippen LogP contribution in [0.2, 0.25) is 0 Å². The van der Waals surface area contributed by atoms with Crippen molar-refractivity contribution in [3.63, 3.8) is 0 Å². The first-order valence-corrected chi connectivity index (χ1v) is 6.38. The molecule has 6 heteroatoms. The van der Waals surface area contributed by atoms with Crippen molar-refractivity contribution in [2.24, 2.45) is 0 Å². The van der Waals surface area contributed by atoms with E-state index in [2.05, 4.69) is 20.4 Å². The standard InChI is InChI=1S/C12H11N5S/c1-2-4-11(17-9-13-8-16-17)10(3-1)15-7-12-14-5-6-18-12/h1-6,8-9,15H,7H2. The molecule has 0 saturated carbocycles. The zero-order chi connectivity index (χ0) is 12.2. The summed E-state index contributed by atoms with van der Waals surface area (Å²) in [5.74, 6) is 0.